The van der Waals surface area contributed by atoms with E-state index in [9.17, 15) is 0 Å². The molecule has 1 aromatic heterocycles. The van der Waals surface area contributed by atoms with Crippen LogP contribution in [0.15, 0.2) is 18.2 Å². The highest BCUT2D eigenvalue weighted by atomic mass is 35.5. The summed E-state index contributed by atoms with van der Waals surface area (Å²) in [5.41, 5.74) is 2.03. The smallest absolute Gasteiger partial charge is 0.127 e. The van der Waals surface area contributed by atoms with E-state index in [1.54, 1.807) is 0 Å². The van der Waals surface area contributed by atoms with Crippen LogP contribution in [0.4, 0.5) is 0 Å². The minimum absolute atomic E-state index is 0.106. The van der Waals surface area contributed by atoms with Gasteiger partial charge in [-0.2, -0.15) is 0 Å². The van der Waals surface area contributed by atoms with Gasteiger partial charge in [-0.15, -0.1) is 11.6 Å². The second kappa shape index (κ2) is 5.72. The molecule has 0 fully saturated rings. The van der Waals surface area contributed by atoms with E-state index in [0.29, 0.717) is 11.8 Å². The number of hydrogen-bond donors (Lipinski definition) is 0. The Morgan fingerprint density at radius 2 is 1.89 bits per heavy atom. The van der Waals surface area contributed by atoms with Gasteiger partial charge in [-0.05, 0) is 37.0 Å². The number of hydrogen-bond acceptors (Lipinski definition) is 1. The van der Waals surface area contributed by atoms with E-state index in [4.69, 9.17) is 23.2 Å². The molecule has 1 heterocycles. The molecular formula is C15H20Cl2N2. The Kier molecular flexibility index (Phi) is 4.42. The highest BCUT2D eigenvalue weighted by molar-refractivity contribution is 6.31. The zero-order chi connectivity index (χ0) is 14.2. The lowest BCUT2D eigenvalue weighted by Gasteiger charge is -2.19. The maximum Gasteiger partial charge on any atom is 0.127 e. The Morgan fingerprint density at radius 3 is 2.47 bits per heavy atom. The van der Waals surface area contributed by atoms with E-state index < -0.39 is 0 Å². The number of fused-ring (bicyclic) bond motifs is 1. The van der Waals surface area contributed by atoms with Gasteiger partial charge in [0.1, 0.15) is 5.82 Å². The Balaban J connectivity index is 2.54. The van der Waals surface area contributed by atoms with Crippen LogP contribution in [0, 0.1) is 11.8 Å². The molecule has 0 bridgehead atoms. The van der Waals surface area contributed by atoms with Crippen molar-refractivity contribution in [3.05, 3.63) is 29.0 Å². The van der Waals surface area contributed by atoms with Crippen LogP contribution >= 0.6 is 23.2 Å². The van der Waals surface area contributed by atoms with Gasteiger partial charge in [0.05, 0.1) is 16.4 Å². The number of nitrogens with zero attached hydrogens (tertiary/aromatic N) is 2. The zero-order valence-corrected chi connectivity index (χ0v) is 13.3. The van der Waals surface area contributed by atoms with Crippen molar-refractivity contribution in [2.75, 3.05) is 0 Å². The van der Waals surface area contributed by atoms with Crippen molar-refractivity contribution in [3.8, 4) is 0 Å². The second-order valence-corrected chi connectivity index (χ2v) is 6.64. The first kappa shape index (κ1) is 14.7. The molecule has 0 N–H and O–H groups in total. The van der Waals surface area contributed by atoms with Gasteiger partial charge in [0, 0.05) is 11.6 Å². The van der Waals surface area contributed by atoms with E-state index in [1.165, 1.54) is 0 Å². The lowest BCUT2D eigenvalue weighted by Crippen LogP contribution is -2.15. The average Bonchev–Trinajstić information content (AvgIpc) is 2.67. The van der Waals surface area contributed by atoms with Crippen molar-refractivity contribution in [1.29, 1.82) is 0 Å². The second-order valence-electron chi connectivity index (χ2n) is 5.55. The number of aromatic nitrogens is 2. The standard InChI is InChI=1S/C15H20Cl2N2/c1-9(2)10(3)8-19-14-7-12(17)5-6-13(14)18-15(19)11(4)16/h5-7,9-11H,8H2,1-4H3. The third-order valence-electron chi connectivity index (χ3n) is 3.70. The SMILES string of the molecule is CC(Cl)c1nc2ccc(Cl)cc2n1CC(C)C(C)C. The van der Waals surface area contributed by atoms with E-state index in [0.717, 1.165) is 28.4 Å². The van der Waals surface area contributed by atoms with Crippen LogP contribution < -0.4 is 0 Å². The Hall–Kier alpha value is -0.730. The van der Waals surface area contributed by atoms with E-state index in [1.807, 2.05) is 25.1 Å². The molecule has 0 saturated carbocycles. The van der Waals surface area contributed by atoms with Crippen LogP contribution in [0.5, 0.6) is 0 Å². The summed E-state index contributed by atoms with van der Waals surface area (Å²) >= 11 is 12.4. The van der Waals surface area contributed by atoms with E-state index >= 15 is 0 Å². The van der Waals surface area contributed by atoms with Crippen molar-refractivity contribution < 1.29 is 0 Å². The molecule has 2 rings (SSSR count). The lowest BCUT2D eigenvalue weighted by atomic mass is 9.98. The van der Waals surface area contributed by atoms with Gasteiger partial charge in [0.25, 0.3) is 0 Å². The van der Waals surface area contributed by atoms with Crippen LogP contribution in [-0.4, -0.2) is 9.55 Å². The van der Waals surface area contributed by atoms with Gasteiger partial charge in [0.15, 0.2) is 0 Å². The maximum absolute atomic E-state index is 6.27. The number of alkyl halides is 1. The molecule has 4 heteroatoms. The Morgan fingerprint density at radius 1 is 1.21 bits per heavy atom. The summed E-state index contributed by atoms with van der Waals surface area (Å²) in [5.74, 6) is 2.10. The molecule has 2 unspecified atom stereocenters. The summed E-state index contributed by atoms with van der Waals surface area (Å²) in [7, 11) is 0. The fourth-order valence-electron chi connectivity index (χ4n) is 2.11. The summed E-state index contributed by atoms with van der Waals surface area (Å²) in [6.07, 6.45) is 0. The fraction of sp³-hybridized carbons (Fsp3) is 0.533. The van der Waals surface area contributed by atoms with Crippen molar-refractivity contribution in [3.63, 3.8) is 0 Å². The first-order valence-corrected chi connectivity index (χ1v) is 7.51. The molecule has 0 aliphatic rings. The van der Waals surface area contributed by atoms with Crippen LogP contribution in [0.3, 0.4) is 0 Å². The number of benzene rings is 1. The molecule has 0 aliphatic carbocycles. The molecule has 0 spiro atoms. The molecule has 2 atom stereocenters. The zero-order valence-electron chi connectivity index (χ0n) is 11.8. The molecule has 1 aromatic carbocycles. The van der Waals surface area contributed by atoms with E-state index in [-0.39, 0.29) is 5.38 Å². The highest BCUT2D eigenvalue weighted by Gasteiger charge is 2.18. The number of imidazole rings is 1. The van der Waals surface area contributed by atoms with Crippen LogP contribution in [0.1, 0.15) is 38.9 Å². The monoisotopic (exact) mass is 298 g/mol. The largest absolute Gasteiger partial charge is 0.326 e. The van der Waals surface area contributed by atoms with Gasteiger partial charge < -0.3 is 4.57 Å². The molecule has 0 radical (unpaired) electrons. The third kappa shape index (κ3) is 3.06. The molecular weight excluding hydrogens is 279 g/mol. The number of halogens is 2. The highest BCUT2D eigenvalue weighted by Crippen LogP contribution is 2.28. The Labute approximate surface area is 124 Å². The average molecular weight is 299 g/mol. The first-order chi connectivity index (χ1) is 8.90. The molecule has 0 amide bonds. The van der Waals surface area contributed by atoms with Crippen molar-refractivity contribution in [2.24, 2.45) is 11.8 Å². The summed E-state index contributed by atoms with van der Waals surface area (Å²) in [5, 5.41) is 0.630. The predicted molar refractivity (Wildman–Crippen MR) is 83.0 cm³/mol. The van der Waals surface area contributed by atoms with Crippen molar-refractivity contribution in [2.45, 2.75) is 39.6 Å². The summed E-state index contributed by atoms with van der Waals surface area (Å²) < 4.78 is 2.21. The van der Waals surface area contributed by atoms with Crippen LogP contribution in [-0.2, 0) is 6.54 Å². The normalized spacial score (nSPS) is 15.1. The third-order valence-corrected chi connectivity index (χ3v) is 4.13. The van der Waals surface area contributed by atoms with Crippen molar-refractivity contribution in [1.82, 2.24) is 9.55 Å². The van der Waals surface area contributed by atoms with Crippen LogP contribution in [0.25, 0.3) is 11.0 Å². The Bertz CT molecular complexity index is 573. The minimum atomic E-state index is -0.106. The van der Waals surface area contributed by atoms with Gasteiger partial charge >= 0.3 is 0 Å². The van der Waals surface area contributed by atoms with Gasteiger partial charge in [-0.25, -0.2) is 4.98 Å². The minimum Gasteiger partial charge on any atom is -0.326 e. The van der Waals surface area contributed by atoms with Gasteiger partial charge in [-0.1, -0.05) is 32.4 Å². The molecule has 19 heavy (non-hydrogen) atoms. The van der Waals surface area contributed by atoms with E-state index in [2.05, 4.69) is 30.3 Å². The van der Waals surface area contributed by atoms with Gasteiger partial charge in [-0.3, -0.25) is 0 Å². The predicted octanol–water partition coefficient (Wildman–Crippen LogP) is 5.28. The number of rotatable bonds is 4. The molecule has 104 valence electrons. The van der Waals surface area contributed by atoms with Crippen molar-refractivity contribution >= 4 is 34.2 Å². The summed E-state index contributed by atoms with van der Waals surface area (Å²) in [4.78, 5) is 4.64. The van der Waals surface area contributed by atoms with Gasteiger partial charge in [0.2, 0.25) is 0 Å². The lowest BCUT2D eigenvalue weighted by molar-refractivity contribution is 0.364. The molecule has 0 aliphatic heterocycles. The van der Waals surface area contributed by atoms with Crippen LogP contribution in [0.2, 0.25) is 5.02 Å². The summed E-state index contributed by atoms with van der Waals surface area (Å²) in [6.45, 7) is 9.60. The fourth-order valence-corrected chi connectivity index (χ4v) is 2.44. The summed E-state index contributed by atoms with van der Waals surface area (Å²) in [6, 6.07) is 5.80. The topological polar surface area (TPSA) is 17.8 Å². The first-order valence-electron chi connectivity index (χ1n) is 6.70. The molecule has 2 aromatic rings. The molecule has 0 saturated heterocycles. The quantitative estimate of drug-likeness (QED) is 0.702. The maximum atomic E-state index is 6.27. The molecule has 2 nitrogen and oxygen atoms in total.